The first kappa shape index (κ1) is 11.6. The van der Waals surface area contributed by atoms with Crippen molar-refractivity contribution in [3.05, 3.63) is 35.2 Å². The maximum absolute atomic E-state index is 11.1. The van der Waals surface area contributed by atoms with Gasteiger partial charge in [-0.1, -0.05) is 16.6 Å². The van der Waals surface area contributed by atoms with Crippen molar-refractivity contribution in [3.8, 4) is 16.4 Å². The maximum atomic E-state index is 11.1. The summed E-state index contributed by atoms with van der Waals surface area (Å²) in [6.07, 6.45) is 3.98. The van der Waals surface area contributed by atoms with E-state index in [9.17, 15) is 4.79 Å². The molecule has 0 saturated heterocycles. The highest BCUT2D eigenvalue weighted by Gasteiger charge is 2.18. The molecule has 0 spiro atoms. The third-order valence-corrected chi connectivity index (χ3v) is 3.25. The van der Waals surface area contributed by atoms with E-state index in [0.717, 1.165) is 10.6 Å². The van der Waals surface area contributed by atoms with Crippen LogP contribution < -0.4 is 0 Å². The molecule has 8 heteroatoms. The Morgan fingerprint density at radius 3 is 2.84 bits per heavy atom. The van der Waals surface area contributed by atoms with E-state index in [2.05, 4.69) is 25.5 Å². The summed E-state index contributed by atoms with van der Waals surface area (Å²) in [4.78, 5) is 15.1. The number of carbonyl (C=O) groups is 1. The fourth-order valence-electron chi connectivity index (χ4n) is 1.65. The van der Waals surface area contributed by atoms with Crippen molar-refractivity contribution in [3.63, 3.8) is 0 Å². The highest BCUT2D eigenvalue weighted by atomic mass is 32.1. The van der Waals surface area contributed by atoms with Gasteiger partial charge in [-0.25, -0.2) is 0 Å². The van der Waals surface area contributed by atoms with E-state index >= 15 is 0 Å². The molecule has 94 valence electrons. The predicted octanol–water partition coefficient (Wildman–Crippen LogP) is 1.30. The minimum Gasteiger partial charge on any atom is -0.296 e. The van der Waals surface area contributed by atoms with Gasteiger partial charge < -0.3 is 0 Å². The Balaban J connectivity index is 2.22. The van der Waals surface area contributed by atoms with E-state index in [4.69, 9.17) is 0 Å². The lowest BCUT2D eigenvalue weighted by Gasteiger charge is -2.02. The zero-order valence-electron chi connectivity index (χ0n) is 9.89. The fourth-order valence-corrected chi connectivity index (χ4v) is 2.29. The molecule has 0 aliphatic rings. The number of hydrogen-bond acceptors (Lipinski definition) is 7. The number of carbonyl (C=O) groups excluding carboxylic acids is 1. The van der Waals surface area contributed by atoms with Crippen molar-refractivity contribution in [1.29, 1.82) is 0 Å². The number of pyridine rings is 1. The minimum atomic E-state index is 0.251. The van der Waals surface area contributed by atoms with Crippen LogP contribution in [0.1, 0.15) is 15.5 Å². The number of aldehydes is 1. The second kappa shape index (κ2) is 4.65. The number of aryl methyl sites for hydroxylation is 1. The summed E-state index contributed by atoms with van der Waals surface area (Å²) in [5.74, 6) is 0. The summed E-state index contributed by atoms with van der Waals surface area (Å²) in [5, 5.41) is 17.1. The Bertz CT molecular complexity index is 720. The van der Waals surface area contributed by atoms with E-state index in [1.165, 1.54) is 16.0 Å². The van der Waals surface area contributed by atoms with Crippen molar-refractivity contribution < 1.29 is 4.79 Å². The van der Waals surface area contributed by atoms with Crippen molar-refractivity contribution >= 4 is 17.6 Å². The monoisotopic (exact) mass is 272 g/mol. The van der Waals surface area contributed by atoms with Crippen LogP contribution in [0.2, 0.25) is 0 Å². The van der Waals surface area contributed by atoms with E-state index in [0.29, 0.717) is 17.1 Å². The standard InChI is InChI=1S/C11H8N6OS/c1-7-13-15-11(19-7)17-10(9(6-18)14-16-17)8-3-2-4-12-5-8/h2-6H,1H3. The van der Waals surface area contributed by atoms with E-state index in [-0.39, 0.29) is 5.69 Å². The minimum absolute atomic E-state index is 0.251. The fraction of sp³-hybridized carbons (Fsp3) is 0.0909. The normalized spacial score (nSPS) is 10.6. The van der Waals surface area contributed by atoms with Crippen LogP contribution in [-0.4, -0.2) is 36.5 Å². The third kappa shape index (κ3) is 2.02. The zero-order chi connectivity index (χ0) is 13.2. The highest BCUT2D eigenvalue weighted by Crippen LogP contribution is 2.24. The molecule has 0 aromatic carbocycles. The molecule has 0 N–H and O–H groups in total. The summed E-state index contributed by atoms with van der Waals surface area (Å²) in [7, 11) is 0. The van der Waals surface area contributed by atoms with Crippen LogP contribution >= 0.6 is 11.3 Å². The molecule has 7 nitrogen and oxygen atoms in total. The van der Waals surface area contributed by atoms with Gasteiger partial charge in [-0.05, 0) is 19.1 Å². The van der Waals surface area contributed by atoms with Gasteiger partial charge in [0, 0.05) is 18.0 Å². The molecule has 0 saturated carbocycles. The van der Waals surface area contributed by atoms with Gasteiger partial charge in [0.25, 0.3) is 0 Å². The van der Waals surface area contributed by atoms with Crippen LogP contribution in [0, 0.1) is 6.92 Å². The summed E-state index contributed by atoms with van der Waals surface area (Å²) in [6.45, 7) is 1.85. The first-order valence-corrected chi connectivity index (χ1v) is 6.23. The summed E-state index contributed by atoms with van der Waals surface area (Å²) in [6, 6.07) is 3.62. The maximum Gasteiger partial charge on any atom is 0.234 e. The molecule has 0 bridgehead atoms. The van der Waals surface area contributed by atoms with Crippen LogP contribution in [0.3, 0.4) is 0 Å². The topological polar surface area (TPSA) is 86.5 Å². The summed E-state index contributed by atoms with van der Waals surface area (Å²) < 4.78 is 1.51. The van der Waals surface area contributed by atoms with Gasteiger partial charge in [0.05, 0.1) is 0 Å². The molecule has 0 unspecified atom stereocenters. The van der Waals surface area contributed by atoms with Crippen LogP contribution in [0.25, 0.3) is 16.4 Å². The van der Waals surface area contributed by atoms with E-state index in [1.807, 2.05) is 13.0 Å². The number of hydrogen-bond donors (Lipinski definition) is 0. The molecule has 0 aliphatic carbocycles. The predicted molar refractivity (Wildman–Crippen MR) is 68.2 cm³/mol. The average Bonchev–Trinajstić information content (AvgIpc) is 3.05. The number of nitrogens with zero attached hydrogens (tertiary/aromatic N) is 6. The molecule has 0 fully saturated rings. The van der Waals surface area contributed by atoms with E-state index in [1.54, 1.807) is 18.5 Å². The third-order valence-electron chi connectivity index (χ3n) is 2.44. The van der Waals surface area contributed by atoms with Gasteiger partial charge in [-0.2, -0.15) is 4.68 Å². The zero-order valence-corrected chi connectivity index (χ0v) is 10.7. The molecule has 0 radical (unpaired) electrons. The van der Waals surface area contributed by atoms with Crippen LogP contribution in [-0.2, 0) is 0 Å². The van der Waals surface area contributed by atoms with Gasteiger partial charge in [0.15, 0.2) is 12.0 Å². The molecule has 3 heterocycles. The molecule has 3 aromatic rings. The summed E-state index contributed by atoms with van der Waals surface area (Å²) in [5.41, 5.74) is 1.57. The van der Waals surface area contributed by atoms with Gasteiger partial charge in [-0.15, -0.1) is 15.3 Å². The van der Waals surface area contributed by atoms with Gasteiger partial charge in [-0.3, -0.25) is 9.78 Å². The largest absolute Gasteiger partial charge is 0.296 e. The lowest BCUT2D eigenvalue weighted by atomic mass is 10.2. The molecule has 0 aliphatic heterocycles. The Morgan fingerprint density at radius 2 is 2.21 bits per heavy atom. The van der Waals surface area contributed by atoms with Gasteiger partial charge in [0.1, 0.15) is 10.7 Å². The molecular formula is C11H8N6OS. The molecule has 0 atom stereocenters. The molecule has 3 rings (SSSR count). The quantitative estimate of drug-likeness (QED) is 0.668. The Kier molecular flexibility index (Phi) is 2.84. The summed E-state index contributed by atoms with van der Waals surface area (Å²) >= 11 is 1.38. The first-order chi connectivity index (χ1) is 9.29. The highest BCUT2D eigenvalue weighted by molar-refractivity contribution is 7.13. The van der Waals surface area contributed by atoms with Crippen molar-refractivity contribution in [2.45, 2.75) is 6.92 Å². The lowest BCUT2D eigenvalue weighted by molar-refractivity contribution is 0.111. The lowest BCUT2D eigenvalue weighted by Crippen LogP contribution is -2.00. The smallest absolute Gasteiger partial charge is 0.234 e. The van der Waals surface area contributed by atoms with Crippen molar-refractivity contribution in [1.82, 2.24) is 30.2 Å². The molecule has 0 amide bonds. The number of rotatable bonds is 3. The Hall–Kier alpha value is -2.48. The van der Waals surface area contributed by atoms with Gasteiger partial charge >= 0.3 is 0 Å². The second-order valence-electron chi connectivity index (χ2n) is 3.70. The Labute approximate surface area is 112 Å². The molecule has 19 heavy (non-hydrogen) atoms. The molecule has 3 aromatic heterocycles. The van der Waals surface area contributed by atoms with Crippen molar-refractivity contribution in [2.75, 3.05) is 0 Å². The van der Waals surface area contributed by atoms with Crippen molar-refractivity contribution in [2.24, 2.45) is 0 Å². The molecular weight excluding hydrogens is 264 g/mol. The van der Waals surface area contributed by atoms with Crippen LogP contribution in [0.4, 0.5) is 0 Å². The number of aromatic nitrogens is 6. The average molecular weight is 272 g/mol. The van der Waals surface area contributed by atoms with E-state index < -0.39 is 0 Å². The van der Waals surface area contributed by atoms with Gasteiger partial charge in [0.2, 0.25) is 5.13 Å². The SMILES string of the molecule is Cc1nnc(-n2nnc(C=O)c2-c2cccnc2)s1. The second-order valence-corrected chi connectivity index (χ2v) is 4.86. The van der Waals surface area contributed by atoms with Crippen LogP contribution in [0.15, 0.2) is 24.5 Å². The first-order valence-electron chi connectivity index (χ1n) is 5.41. The van der Waals surface area contributed by atoms with Crippen LogP contribution in [0.5, 0.6) is 0 Å². The Morgan fingerprint density at radius 1 is 1.32 bits per heavy atom.